The lowest BCUT2D eigenvalue weighted by molar-refractivity contribution is -0.421. The molecule has 1 aromatic carbocycles. The summed E-state index contributed by atoms with van der Waals surface area (Å²) in [6.45, 7) is 6.43. The maximum atomic E-state index is 14.8. The topological polar surface area (TPSA) is 103 Å². The Morgan fingerprint density at radius 2 is 1.87 bits per heavy atom. The van der Waals surface area contributed by atoms with Crippen LogP contribution in [0, 0.1) is 5.95 Å². The van der Waals surface area contributed by atoms with Gasteiger partial charge in [-0.05, 0) is 17.5 Å². The Kier molecular flexibility index (Phi) is 7.98. The molecule has 2 aromatic rings. The quantitative estimate of drug-likeness (QED) is 0.332. The second kappa shape index (κ2) is 11.2. The number of hydrogen-bond acceptors (Lipinski definition) is 5. The van der Waals surface area contributed by atoms with E-state index in [1.165, 1.54) is 7.05 Å². The summed E-state index contributed by atoms with van der Waals surface area (Å²) >= 11 is 0. The monoisotopic (exact) mass is 538 g/mol. The maximum absolute atomic E-state index is 14.8. The van der Waals surface area contributed by atoms with Gasteiger partial charge in [-0.15, -0.1) is 0 Å². The van der Waals surface area contributed by atoms with Crippen molar-refractivity contribution in [2.75, 3.05) is 20.1 Å². The van der Waals surface area contributed by atoms with Crippen LogP contribution in [-0.2, 0) is 14.4 Å². The molecule has 2 aliphatic heterocycles. The third-order valence-corrected chi connectivity index (χ3v) is 6.84. The Hall–Kier alpha value is -4.28. The molecule has 0 aliphatic carbocycles. The van der Waals surface area contributed by atoms with Crippen LogP contribution in [0.25, 0.3) is 0 Å². The van der Waals surface area contributed by atoms with E-state index in [4.69, 9.17) is 0 Å². The van der Waals surface area contributed by atoms with Crippen LogP contribution in [0.1, 0.15) is 49.0 Å². The molecule has 11 heteroatoms. The first kappa shape index (κ1) is 27.7. The summed E-state index contributed by atoms with van der Waals surface area (Å²) in [6.07, 6.45) is -0.538. The predicted octanol–water partition coefficient (Wildman–Crippen LogP) is 2.72. The SMILES string of the molecule is C=C1C=[N+](CC(=O)N2C[C@H](F)C[C@H]2C(=O)N[C@@H](c2ccccc2)c2ccc(C(C)C)c(F)n2)C(=O)N(C)C1=O. The number of halogens is 2. The molecule has 204 valence electrons. The number of imide groups is 1. The van der Waals surface area contributed by atoms with Crippen molar-refractivity contribution in [2.24, 2.45) is 0 Å². The van der Waals surface area contributed by atoms with Crippen LogP contribution < -0.4 is 5.32 Å². The van der Waals surface area contributed by atoms with Crippen LogP contribution in [0.2, 0.25) is 0 Å². The highest BCUT2D eigenvalue weighted by Crippen LogP contribution is 2.27. The van der Waals surface area contributed by atoms with E-state index in [0.29, 0.717) is 11.1 Å². The van der Waals surface area contributed by atoms with E-state index >= 15 is 0 Å². The first-order valence-electron chi connectivity index (χ1n) is 12.6. The van der Waals surface area contributed by atoms with Gasteiger partial charge >= 0.3 is 11.9 Å². The van der Waals surface area contributed by atoms with Crippen molar-refractivity contribution >= 4 is 30.0 Å². The van der Waals surface area contributed by atoms with E-state index in [-0.39, 0.29) is 30.2 Å². The number of carbonyl (C=O) groups excluding carboxylic acids is 4. The van der Waals surface area contributed by atoms with Crippen LogP contribution in [0.3, 0.4) is 0 Å². The van der Waals surface area contributed by atoms with Gasteiger partial charge in [-0.3, -0.25) is 9.59 Å². The van der Waals surface area contributed by atoms with E-state index in [1.807, 2.05) is 13.8 Å². The largest absolute Gasteiger partial charge is 0.501 e. The lowest BCUT2D eigenvalue weighted by Crippen LogP contribution is -2.52. The fourth-order valence-electron chi connectivity index (χ4n) is 4.71. The Morgan fingerprint density at radius 1 is 1.18 bits per heavy atom. The number of nitrogens with one attached hydrogen (secondary N) is 1. The van der Waals surface area contributed by atoms with Crippen molar-refractivity contribution in [3.05, 3.63) is 77.4 Å². The number of hydrogen-bond donors (Lipinski definition) is 1. The van der Waals surface area contributed by atoms with Gasteiger partial charge in [-0.1, -0.05) is 56.8 Å². The number of amides is 5. The Labute approximate surface area is 224 Å². The molecule has 0 saturated carbocycles. The van der Waals surface area contributed by atoms with Gasteiger partial charge in [0.05, 0.1) is 30.9 Å². The zero-order valence-electron chi connectivity index (χ0n) is 21.9. The van der Waals surface area contributed by atoms with Gasteiger partial charge in [0.1, 0.15) is 18.4 Å². The molecule has 1 aromatic heterocycles. The molecule has 4 rings (SSSR count). The molecule has 0 unspecified atom stereocenters. The number of pyridine rings is 1. The van der Waals surface area contributed by atoms with Gasteiger partial charge in [0.15, 0.2) is 6.54 Å². The lowest BCUT2D eigenvalue weighted by atomic mass is 9.99. The molecular formula is C28H30F2N5O4+. The van der Waals surface area contributed by atoms with Crippen LogP contribution in [0.4, 0.5) is 13.6 Å². The second-order valence-corrected chi connectivity index (χ2v) is 9.95. The van der Waals surface area contributed by atoms with Crippen molar-refractivity contribution in [2.45, 2.75) is 44.4 Å². The normalized spacial score (nSPS) is 20.4. The highest BCUT2D eigenvalue weighted by atomic mass is 19.1. The van der Waals surface area contributed by atoms with Gasteiger partial charge in [0.25, 0.3) is 5.91 Å². The third-order valence-electron chi connectivity index (χ3n) is 6.84. The van der Waals surface area contributed by atoms with Crippen LogP contribution >= 0.6 is 0 Å². The zero-order chi connectivity index (χ0) is 28.4. The lowest BCUT2D eigenvalue weighted by Gasteiger charge is -2.27. The van der Waals surface area contributed by atoms with Gasteiger partial charge in [-0.2, -0.15) is 18.7 Å². The predicted molar refractivity (Wildman–Crippen MR) is 138 cm³/mol. The first-order valence-corrected chi connectivity index (χ1v) is 12.6. The average molecular weight is 539 g/mol. The molecule has 1 N–H and O–H groups in total. The van der Waals surface area contributed by atoms with E-state index in [1.54, 1.807) is 42.5 Å². The molecule has 1 fully saturated rings. The number of benzene rings is 1. The van der Waals surface area contributed by atoms with Gasteiger partial charge in [-0.25, -0.2) is 14.2 Å². The molecule has 9 nitrogen and oxygen atoms in total. The standard InChI is InChI=1S/C28H29F2N5O4/c1-16(2)20-10-11-21(31-25(20)30)24(18-8-6-5-7-9-18)32-26(37)22-12-19(29)14-35(22)23(36)15-34-13-17(3)27(38)33(4)28(34)39/h5-11,13,16,19,22,24H,3,12,14-15H2,1-2,4H3/p+1/t19-,22+,24+/m1/s1. The van der Waals surface area contributed by atoms with Crippen LogP contribution in [-0.4, -0.2) is 81.7 Å². The minimum Gasteiger partial charge on any atom is -0.342 e. The van der Waals surface area contributed by atoms with Crippen molar-refractivity contribution in [3.8, 4) is 0 Å². The molecule has 0 radical (unpaired) electrons. The summed E-state index contributed by atoms with van der Waals surface area (Å²) in [4.78, 5) is 57.0. The summed E-state index contributed by atoms with van der Waals surface area (Å²) in [5.74, 6) is -2.64. The van der Waals surface area contributed by atoms with Crippen molar-refractivity contribution in [1.29, 1.82) is 0 Å². The fraction of sp³-hybridized carbons (Fsp3) is 0.357. The number of alkyl halides is 1. The summed E-state index contributed by atoms with van der Waals surface area (Å²) in [5.41, 5.74) is 1.33. The molecule has 2 aliphatic rings. The molecule has 3 heterocycles. The van der Waals surface area contributed by atoms with Crippen molar-refractivity contribution in [1.82, 2.24) is 20.1 Å². The molecule has 5 amide bonds. The molecule has 39 heavy (non-hydrogen) atoms. The summed E-state index contributed by atoms with van der Waals surface area (Å²) in [6, 6.07) is 9.31. The number of likely N-dealkylation sites (tertiary alicyclic amines) is 1. The number of carbonyl (C=O) groups is 4. The fourth-order valence-corrected chi connectivity index (χ4v) is 4.71. The first-order chi connectivity index (χ1) is 18.5. The third kappa shape index (κ3) is 5.76. The Bertz CT molecular complexity index is 1360. The van der Waals surface area contributed by atoms with Crippen molar-refractivity contribution < 1.29 is 32.5 Å². The number of likely N-dealkylation sites (N-methyl/N-ethyl adjacent to an activating group) is 1. The Balaban J connectivity index is 1.58. The van der Waals surface area contributed by atoms with Crippen LogP contribution in [0.15, 0.2) is 54.6 Å². The minimum absolute atomic E-state index is 0.0119. The minimum atomic E-state index is -1.46. The van der Waals surface area contributed by atoms with E-state index < -0.39 is 54.5 Å². The molecule has 3 atom stereocenters. The number of urea groups is 1. The summed E-state index contributed by atoms with van der Waals surface area (Å²) in [5, 5.41) is 2.82. The van der Waals surface area contributed by atoms with Gasteiger partial charge < -0.3 is 10.2 Å². The molecule has 0 spiro atoms. The second-order valence-electron chi connectivity index (χ2n) is 9.95. The van der Waals surface area contributed by atoms with Crippen molar-refractivity contribution in [3.63, 3.8) is 0 Å². The molecular weight excluding hydrogens is 508 g/mol. The molecule has 0 bridgehead atoms. The van der Waals surface area contributed by atoms with E-state index in [0.717, 1.165) is 20.6 Å². The number of aromatic nitrogens is 1. The average Bonchev–Trinajstić information content (AvgIpc) is 3.31. The van der Waals surface area contributed by atoms with E-state index in [2.05, 4.69) is 16.9 Å². The summed E-state index contributed by atoms with van der Waals surface area (Å²) in [7, 11) is 1.26. The number of nitrogens with zero attached hydrogens (tertiary/aromatic N) is 4. The Morgan fingerprint density at radius 3 is 2.51 bits per heavy atom. The number of rotatable bonds is 7. The smallest absolute Gasteiger partial charge is 0.342 e. The zero-order valence-corrected chi connectivity index (χ0v) is 21.9. The maximum Gasteiger partial charge on any atom is 0.501 e. The van der Waals surface area contributed by atoms with Crippen LogP contribution in [0.5, 0.6) is 0 Å². The highest BCUT2D eigenvalue weighted by molar-refractivity contribution is 6.17. The highest BCUT2D eigenvalue weighted by Gasteiger charge is 2.43. The molecule has 1 saturated heterocycles. The van der Waals surface area contributed by atoms with Gasteiger partial charge in [0.2, 0.25) is 11.9 Å². The van der Waals surface area contributed by atoms with Gasteiger partial charge in [0, 0.05) is 12.0 Å². The van der Waals surface area contributed by atoms with E-state index in [9.17, 15) is 28.0 Å². The summed E-state index contributed by atoms with van der Waals surface area (Å²) < 4.78 is 30.3.